The van der Waals surface area contributed by atoms with E-state index in [1.54, 1.807) is 0 Å². The number of nitrogens with one attached hydrogen (secondary N) is 1. The number of hydrogen-bond donors (Lipinski definition) is 1. The molecule has 5 heteroatoms. The van der Waals surface area contributed by atoms with E-state index < -0.39 is 9.84 Å². The molecule has 0 aliphatic carbocycles. The third-order valence-electron chi connectivity index (χ3n) is 3.08. The molecule has 1 N–H and O–H groups in total. The monoisotopic (exact) mass is 267 g/mol. The second-order valence-corrected chi connectivity index (χ2v) is 7.06. The molecule has 0 unspecified atom stereocenters. The minimum absolute atomic E-state index is 0.0760. The van der Waals surface area contributed by atoms with E-state index in [1.165, 1.54) is 0 Å². The molecule has 0 spiro atoms. The van der Waals surface area contributed by atoms with Gasteiger partial charge in [0.2, 0.25) is 5.91 Å². The van der Waals surface area contributed by atoms with Crippen LogP contribution in [0.25, 0.3) is 0 Å². The zero-order chi connectivity index (χ0) is 13.2. The predicted octanol–water partition coefficient (Wildman–Crippen LogP) is 0.841. The van der Waals surface area contributed by atoms with E-state index in [0.717, 1.165) is 11.1 Å². The van der Waals surface area contributed by atoms with Gasteiger partial charge in [-0.3, -0.25) is 4.79 Å². The van der Waals surface area contributed by atoms with E-state index in [2.05, 4.69) is 5.32 Å². The van der Waals surface area contributed by atoms with Crippen LogP contribution in [0.4, 0.5) is 0 Å². The van der Waals surface area contributed by atoms with Gasteiger partial charge >= 0.3 is 0 Å². The maximum Gasteiger partial charge on any atom is 0.224 e. The summed E-state index contributed by atoms with van der Waals surface area (Å²) in [6.45, 7) is 1.99. The van der Waals surface area contributed by atoms with E-state index in [0.29, 0.717) is 12.8 Å². The Hall–Kier alpha value is -1.36. The number of amides is 1. The molecule has 0 saturated carbocycles. The Morgan fingerprint density at radius 1 is 1.33 bits per heavy atom. The smallest absolute Gasteiger partial charge is 0.224 e. The zero-order valence-electron chi connectivity index (χ0n) is 10.3. The lowest BCUT2D eigenvalue weighted by Crippen LogP contribution is -2.36. The summed E-state index contributed by atoms with van der Waals surface area (Å²) in [4.78, 5) is 11.8. The molecule has 0 aromatic heterocycles. The van der Waals surface area contributed by atoms with Gasteiger partial charge in [-0.1, -0.05) is 29.8 Å². The van der Waals surface area contributed by atoms with E-state index in [1.807, 2.05) is 31.2 Å². The van der Waals surface area contributed by atoms with Crippen molar-refractivity contribution in [2.75, 3.05) is 11.5 Å². The van der Waals surface area contributed by atoms with Gasteiger partial charge in [0, 0.05) is 6.04 Å². The summed E-state index contributed by atoms with van der Waals surface area (Å²) in [6.07, 6.45) is 0.832. The van der Waals surface area contributed by atoms with Crippen LogP contribution in [-0.2, 0) is 21.1 Å². The third-order valence-corrected chi connectivity index (χ3v) is 4.85. The van der Waals surface area contributed by atoms with Crippen LogP contribution in [0.3, 0.4) is 0 Å². The summed E-state index contributed by atoms with van der Waals surface area (Å²) in [5.74, 6) is 0.149. The summed E-state index contributed by atoms with van der Waals surface area (Å²) >= 11 is 0. The molecule has 2 rings (SSSR count). The molecule has 1 atom stereocenters. The van der Waals surface area contributed by atoms with Crippen molar-refractivity contribution < 1.29 is 13.2 Å². The zero-order valence-corrected chi connectivity index (χ0v) is 11.2. The van der Waals surface area contributed by atoms with Gasteiger partial charge in [0.1, 0.15) is 0 Å². The van der Waals surface area contributed by atoms with E-state index in [9.17, 15) is 13.2 Å². The lowest BCUT2D eigenvalue weighted by atomic mass is 10.1. The average molecular weight is 267 g/mol. The minimum atomic E-state index is -2.93. The van der Waals surface area contributed by atoms with Crippen molar-refractivity contribution in [3.05, 3.63) is 35.4 Å². The molecule has 18 heavy (non-hydrogen) atoms. The Labute approximate surface area is 107 Å². The lowest BCUT2D eigenvalue weighted by Gasteiger charge is -2.10. The topological polar surface area (TPSA) is 63.2 Å². The number of sulfone groups is 1. The van der Waals surface area contributed by atoms with Gasteiger partial charge in [-0.15, -0.1) is 0 Å². The van der Waals surface area contributed by atoms with Crippen LogP contribution in [0, 0.1) is 6.92 Å². The molecule has 0 bridgehead atoms. The van der Waals surface area contributed by atoms with Crippen LogP contribution in [0.15, 0.2) is 24.3 Å². The van der Waals surface area contributed by atoms with E-state index in [4.69, 9.17) is 0 Å². The molecular weight excluding hydrogens is 250 g/mol. The molecule has 1 aromatic rings. The summed E-state index contributed by atoms with van der Waals surface area (Å²) < 4.78 is 22.5. The molecule has 1 aliphatic rings. The molecule has 1 fully saturated rings. The number of aryl methyl sites for hydroxylation is 1. The Morgan fingerprint density at radius 3 is 2.56 bits per heavy atom. The summed E-state index contributed by atoms with van der Waals surface area (Å²) in [7, 11) is -2.93. The highest BCUT2D eigenvalue weighted by Crippen LogP contribution is 2.11. The molecule has 1 heterocycles. The molecule has 1 saturated heterocycles. The van der Waals surface area contributed by atoms with Crippen molar-refractivity contribution in [1.82, 2.24) is 5.32 Å². The maximum atomic E-state index is 11.8. The van der Waals surface area contributed by atoms with Gasteiger partial charge in [-0.2, -0.15) is 0 Å². The molecule has 0 radical (unpaired) electrons. The predicted molar refractivity (Wildman–Crippen MR) is 70.1 cm³/mol. The van der Waals surface area contributed by atoms with Crippen molar-refractivity contribution in [3.8, 4) is 0 Å². The van der Waals surface area contributed by atoms with Crippen molar-refractivity contribution in [1.29, 1.82) is 0 Å². The largest absolute Gasteiger partial charge is 0.352 e. The number of hydrogen-bond acceptors (Lipinski definition) is 3. The van der Waals surface area contributed by atoms with Crippen molar-refractivity contribution >= 4 is 15.7 Å². The van der Waals surface area contributed by atoms with Crippen molar-refractivity contribution in [2.45, 2.75) is 25.8 Å². The fourth-order valence-electron chi connectivity index (χ4n) is 2.08. The Balaban J connectivity index is 1.88. The van der Waals surface area contributed by atoms with Crippen LogP contribution in [0.2, 0.25) is 0 Å². The summed E-state index contributed by atoms with van der Waals surface area (Å²) in [6, 6.07) is 7.54. The van der Waals surface area contributed by atoms with Crippen molar-refractivity contribution in [2.24, 2.45) is 0 Å². The van der Waals surface area contributed by atoms with Crippen molar-refractivity contribution in [3.63, 3.8) is 0 Å². The fraction of sp³-hybridized carbons (Fsp3) is 0.462. The van der Waals surface area contributed by atoms with E-state index >= 15 is 0 Å². The average Bonchev–Trinajstić information content (AvgIpc) is 2.61. The third kappa shape index (κ3) is 3.57. The minimum Gasteiger partial charge on any atom is -0.352 e. The first-order chi connectivity index (χ1) is 8.44. The molecular formula is C13H17NO3S. The Kier molecular flexibility index (Phi) is 3.71. The summed E-state index contributed by atoms with van der Waals surface area (Å²) in [5.41, 5.74) is 2.10. The lowest BCUT2D eigenvalue weighted by molar-refractivity contribution is -0.120. The van der Waals surface area contributed by atoms with Gasteiger partial charge in [0.05, 0.1) is 17.9 Å². The van der Waals surface area contributed by atoms with Crippen LogP contribution < -0.4 is 5.32 Å². The quantitative estimate of drug-likeness (QED) is 0.882. The van der Waals surface area contributed by atoms with Crippen LogP contribution in [0.5, 0.6) is 0 Å². The van der Waals surface area contributed by atoms with Crippen LogP contribution >= 0.6 is 0 Å². The number of carbonyl (C=O) groups excluding carboxylic acids is 1. The highest BCUT2D eigenvalue weighted by atomic mass is 32.2. The highest BCUT2D eigenvalue weighted by Gasteiger charge is 2.28. The van der Waals surface area contributed by atoms with Crippen LogP contribution in [0.1, 0.15) is 17.5 Å². The molecule has 98 valence electrons. The normalized spacial score (nSPS) is 21.7. The van der Waals surface area contributed by atoms with Gasteiger partial charge in [0.25, 0.3) is 0 Å². The molecule has 1 aliphatic heterocycles. The summed E-state index contributed by atoms with van der Waals surface area (Å²) in [5, 5.41) is 2.78. The van der Waals surface area contributed by atoms with E-state index in [-0.39, 0.29) is 23.5 Å². The number of rotatable bonds is 3. The Morgan fingerprint density at radius 2 is 2.00 bits per heavy atom. The number of carbonyl (C=O) groups is 1. The van der Waals surface area contributed by atoms with Gasteiger partial charge in [-0.05, 0) is 18.9 Å². The molecule has 4 nitrogen and oxygen atoms in total. The Bertz CT molecular complexity index is 534. The van der Waals surface area contributed by atoms with Gasteiger partial charge < -0.3 is 5.32 Å². The van der Waals surface area contributed by atoms with Gasteiger partial charge in [-0.25, -0.2) is 8.42 Å². The van der Waals surface area contributed by atoms with Gasteiger partial charge in [0.15, 0.2) is 9.84 Å². The molecule has 1 amide bonds. The standard InChI is InChI=1S/C13H17NO3S/c1-10-2-4-11(5-3-10)8-13(15)14-12-6-7-18(16,17)9-12/h2-5,12H,6-9H2,1H3,(H,14,15)/t12-/m1/s1. The first kappa shape index (κ1) is 13.1. The first-order valence-electron chi connectivity index (χ1n) is 6.00. The molecule has 1 aromatic carbocycles. The highest BCUT2D eigenvalue weighted by molar-refractivity contribution is 7.91. The fourth-order valence-corrected chi connectivity index (χ4v) is 3.75. The second-order valence-electron chi connectivity index (χ2n) is 4.83. The first-order valence-corrected chi connectivity index (χ1v) is 7.82. The number of benzene rings is 1. The maximum absolute atomic E-state index is 11.8. The van der Waals surface area contributed by atoms with Crippen LogP contribution in [-0.4, -0.2) is 31.9 Å². The second kappa shape index (κ2) is 5.10. The SMILES string of the molecule is Cc1ccc(CC(=O)N[C@@H]2CCS(=O)(=O)C2)cc1.